The first-order valence-corrected chi connectivity index (χ1v) is 8.52. The van der Waals surface area contributed by atoms with Crippen molar-refractivity contribution in [2.24, 2.45) is 10.7 Å². The molecule has 0 radical (unpaired) electrons. The predicted molar refractivity (Wildman–Crippen MR) is 97.6 cm³/mol. The minimum Gasteiger partial charge on any atom is -0.454 e. The molecule has 144 valence electrons. The standard InChI is InChI=1S/C18H21F2N5O2/c1-22-18(23-11-13-3-5-16(27-13)17(21)26)25-8-6-24(7-9-25)15-10-12(19)2-4-14(15)20/h2-5,10H,6-9,11H2,1H3,(H2,21,26)(H,22,23). The van der Waals surface area contributed by atoms with E-state index in [1.165, 1.54) is 12.1 Å². The molecule has 1 fully saturated rings. The topological polar surface area (TPSA) is 87.1 Å². The number of aliphatic imine (C=N–C) groups is 1. The third kappa shape index (κ3) is 4.36. The normalized spacial score (nSPS) is 15.1. The summed E-state index contributed by atoms with van der Waals surface area (Å²) < 4.78 is 32.7. The summed E-state index contributed by atoms with van der Waals surface area (Å²) in [6.07, 6.45) is 0. The fourth-order valence-electron chi connectivity index (χ4n) is 2.99. The summed E-state index contributed by atoms with van der Waals surface area (Å²) in [5, 5.41) is 3.16. The van der Waals surface area contributed by atoms with E-state index in [0.717, 1.165) is 12.1 Å². The number of rotatable bonds is 4. The fraction of sp³-hybridized carbons (Fsp3) is 0.333. The number of nitrogens with zero attached hydrogens (tertiary/aromatic N) is 3. The molecule has 0 aliphatic carbocycles. The lowest BCUT2D eigenvalue weighted by Gasteiger charge is -2.37. The van der Waals surface area contributed by atoms with E-state index < -0.39 is 17.5 Å². The number of halogens is 2. The lowest BCUT2D eigenvalue weighted by Crippen LogP contribution is -2.52. The molecule has 0 bridgehead atoms. The van der Waals surface area contributed by atoms with Gasteiger partial charge in [-0.15, -0.1) is 0 Å². The zero-order chi connectivity index (χ0) is 19.4. The van der Waals surface area contributed by atoms with Crippen molar-refractivity contribution >= 4 is 17.6 Å². The van der Waals surface area contributed by atoms with Gasteiger partial charge in [-0.2, -0.15) is 0 Å². The Balaban J connectivity index is 1.57. The van der Waals surface area contributed by atoms with Gasteiger partial charge in [0.15, 0.2) is 11.7 Å². The Morgan fingerprint density at radius 3 is 2.59 bits per heavy atom. The molecule has 9 heteroatoms. The number of nitrogens with two attached hydrogens (primary N) is 1. The second kappa shape index (κ2) is 8.07. The molecule has 0 spiro atoms. The first kappa shape index (κ1) is 18.7. The molecule has 0 unspecified atom stereocenters. The highest BCUT2D eigenvalue weighted by Crippen LogP contribution is 2.22. The van der Waals surface area contributed by atoms with Gasteiger partial charge in [0, 0.05) is 39.3 Å². The van der Waals surface area contributed by atoms with Gasteiger partial charge in [0.25, 0.3) is 5.91 Å². The van der Waals surface area contributed by atoms with Crippen LogP contribution >= 0.6 is 0 Å². The highest BCUT2D eigenvalue weighted by molar-refractivity contribution is 5.89. The molecule has 2 heterocycles. The number of primary amides is 1. The second-order valence-electron chi connectivity index (χ2n) is 6.10. The van der Waals surface area contributed by atoms with Crippen molar-refractivity contribution in [3.8, 4) is 0 Å². The summed E-state index contributed by atoms with van der Waals surface area (Å²) in [5.74, 6) is -0.189. The zero-order valence-electron chi connectivity index (χ0n) is 14.9. The molecular formula is C18H21F2N5O2. The maximum atomic E-state index is 13.9. The van der Waals surface area contributed by atoms with Crippen molar-refractivity contribution in [2.45, 2.75) is 6.54 Å². The molecule has 1 saturated heterocycles. The molecule has 0 saturated carbocycles. The van der Waals surface area contributed by atoms with Crippen LogP contribution in [0.3, 0.4) is 0 Å². The van der Waals surface area contributed by atoms with Gasteiger partial charge in [-0.1, -0.05) is 0 Å². The van der Waals surface area contributed by atoms with Gasteiger partial charge in [0.05, 0.1) is 12.2 Å². The van der Waals surface area contributed by atoms with Crippen LogP contribution in [0.2, 0.25) is 0 Å². The van der Waals surface area contributed by atoms with Crippen LogP contribution in [-0.4, -0.2) is 50.0 Å². The number of carbonyl (C=O) groups excluding carboxylic acids is 1. The molecule has 1 aliphatic heterocycles. The number of piperazine rings is 1. The maximum absolute atomic E-state index is 13.9. The van der Waals surface area contributed by atoms with Crippen molar-refractivity contribution in [3.05, 3.63) is 53.5 Å². The number of carbonyl (C=O) groups is 1. The number of anilines is 1. The van der Waals surface area contributed by atoms with E-state index in [0.29, 0.717) is 44.4 Å². The summed E-state index contributed by atoms with van der Waals surface area (Å²) >= 11 is 0. The number of furan rings is 1. The smallest absolute Gasteiger partial charge is 0.284 e. The number of hydrogen-bond acceptors (Lipinski definition) is 4. The number of hydrogen-bond donors (Lipinski definition) is 2. The van der Waals surface area contributed by atoms with Crippen LogP contribution in [0.5, 0.6) is 0 Å². The quantitative estimate of drug-likeness (QED) is 0.624. The van der Waals surface area contributed by atoms with Crippen LogP contribution in [0.15, 0.2) is 39.7 Å². The average molecular weight is 377 g/mol. The Hall–Kier alpha value is -3.10. The zero-order valence-corrected chi connectivity index (χ0v) is 14.9. The minimum atomic E-state index is -0.619. The SMILES string of the molecule is CN=C(NCc1ccc(C(N)=O)o1)N1CCN(c2cc(F)ccc2F)CC1. The van der Waals surface area contributed by atoms with Crippen LogP contribution in [0.1, 0.15) is 16.3 Å². The molecule has 1 aromatic heterocycles. The molecule has 1 aliphatic rings. The summed E-state index contributed by atoms with van der Waals surface area (Å²) in [6.45, 7) is 2.61. The van der Waals surface area contributed by atoms with Gasteiger partial charge in [0.1, 0.15) is 17.4 Å². The van der Waals surface area contributed by atoms with Crippen LogP contribution in [0, 0.1) is 11.6 Å². The molecule has 2 aromatic rings. The molecule has 3 N–H and O–H groups in total. The van der Waals surface area contributed by atoms with E-state index in [1.807, 2.05) is 9.80 Å². The number of amides is 1. The van der Waals surface area contributed by atoms with Crippen molar-refractivity contribution in [3.63, 3.8) is 0 Å². The van der Waals surface area contributed by atoms with Crippen molar-refractivity contribution in [1.82, 2.24) is 10.2 Å². The van der Waals surface area contributed by atoms with Crippen LogP contribution in [0.4, 0.5) is 14.5 Å². The number of benzene rings is 1. The molecule has 7 nitrogen and oxygen atoms in total. The van der Waals surface area contributed by atoms with Gasteiger partial charge in [0.2, 0.25) is 0 Å². The first-order chi connectivity index (χ1) is 13.0. The van der Waals surface area contributed by atoms with E-state index in [4.69, 9.17) is 10.2 Å². The Bertz CT molecular complexity index is 844. The van der Waals surface area contributed by atoms with E-state index in [-0.39, 0.29) is 11.4 Å². The van der Waals surface area contributed by atoms with Crippen molar-refractivity contribution in [2.75, 3.05) is 38.1 Å². The van der Waals surface area contributed by atoms with Crippen molar-refractivity contribution in [1.29, 1.82) is 0 Å². The summed E-state index contributed by atoms with van der Waals surface area (Å²) in [6, 6.07) is 6.66. The molecule has 1 aromatic carbocycles. The minimum absolute atomic E-state index is 0.104. The molecule has 0 atom stereocenters. The summed E-state index contributed by atoms with van der Waals surface area (Å²) in [5.41, 5.74) is 5.44. The summed E-state index contributed by atoms with van der Waals surface area (Å²) in [4.78, 5) is 19.1. The Morgan fingerprint density at radius 1 is 1.22 bits per heavy atom. The first-order valence-electron chi connectivity index (χ1n) is 8.52. The number of guanidine groups is 1. The third-order valence-electron chi connectivity index (χ3n) is 4.37. The van der Waals surface area contributed by atoms with Crippen LogP contribution in [-0.2, 0) is 6.54 Å². The number of nitrogens with one attached hydrogen (secondary N) is 1. The Labute approximate surface area is 155 Å². The lowest BCUT2D eigenvalue weighted by atomic mass is 10.2. The second-order valence-corrected chi connectivity index (χ2v) is 6.10. The van der Waals surface area contributed by atoms with Crippen LogP contribution < -0.4 is 16.0 Å². The largest absolute Gasteiger partial charge is 0.454 e. The molecule has 1 amide bonds. The van der Waals surface area contributed by atoms with Gasteiger partial charge < -0.3 is 25.3 Å². The monoisotopic (exact) mass is 377 g/mol. The fourth-order valence-corrected chi connectivity index (χ4v) is 2.99. The van der Waals surface area contributed by atoms with Gasteiger partial charge in [-0.25, -0.2) is 8.78 Å². The Kier molecular flexibility index (Phi) is 5.58. The van der Waals surface area contributed by atoms with E-state index in [1.54, 1.807) is 13.1 Å². The molecule has 3 rings (SSSR count). The summed E-state index contributed by atoms with van der Waals surface area (Å²) in [7, 11) is 1.66. The highest BCUT2D eigenvalue weighted by Gasteiger charge is 2.22. The molecular weight excluding hydrogens is 356 g/mol. The molecule has 27 heavy (non-hydrogen) atoms. The Morgan fingerprint density at radius 2 is 1.96 bits per heavy atom. The van der Waals surface area contributed by atoms with Gasteiger partial charge in [-0.3, -0.25) is 9.79 Å². The highest BCUT2D eigenvalue weighted by atomic mass is 19.1. The average Bonchev–Trinajstić information content (AvgIpc) is 3.14. The third-order valence-corrected chi connectivity index (χ3v) is 4.37. The van der Waals surface area contributed by atoms with E-state index in [9.17, 15) is 13.6 Å². The van der Waals surface area contributed by atoms with Gasteiger partial charge in [-0.05, 0) is 24.3 Å². The van der Waals surface area contributed by atoms with Crippen LogP contribution in [0.25, 0.3) is 0 Å². The maximum Gasteiger partial charge on any atom is 0.284 e. The van der Waals surface area contributed by atoms with E-state index >= 15 is 0 Å². The lowest BCUT2D eigenvalue weighted by molar-refractivity contribution is 0.0972. The van der Waals surface area contributed by atoms with E-state index in [2.05, 4.69) is 10.3 Å². The van der Waals surface area contributed by atoms with Gasteiger partial charge >= 0.3 is 0 Å². The van der Waals surface area contributed by atoms with Crippen molar-refractivity contribution < 1.29 is 18.0 Å². The predicted octanol–water partition coefficient (Wildman–Crippen LogP) is 1.55.